The molecular formula is C21H23N5O2. The maximum Gasteiger partial charge on any atom is 0.254 e. The standard InChI is InChI=1S/C21H23N5O2/c1-26(14-19-24-20(25-28-19)18-5-3-11-23-13-18)21(27)16-8-6-15(7-9-16)17-4-2-10-22-12-17/h3,5-9,11,13,17,22H,2,4,10,12,14H2,1H3. The fourth-order valence-electron chi connectivity index (χ4n) is 3.46. The van der Waals surface area contributed by atoms with Crippen LogP contribution in [0.5, 0.6) is 0 Å². The van der Waals surface area contributed by atoms with Gasteiger partial charge in [0.15, 0.2) is 0 Å². The van der Waals surface area contributed by atoms with Crippen LogP contribution in [0, 0.1) is 0 Å². The molecule has 0 spiro atoms. The first-order valence-electron chi connectivity index (χ1n) is 9.50. The molecular weight excluding hydrogens is 354 g/mol. The Balaban J connectivity index is 1.40. The third-order valence-corrected chi connectivity index (χ3v) is 5.03. The minimum absolute atomic E-state index is 0.0746. The SMILES string of the molecule is CN(Cc1nc(-c2cccnc2)no1)C(=O)c1ccc(C2CCCNC2)cc1. The van der Waals surface area contributed by atoms with Gasteiger partial charge in [-0.3, -0.25) is 9.78 Å². The number of benzene rings is 1. The lowest BCUT2D eigenvalue weighted by Gasteiger charge is -2.23. The highest BCUT2D eigenvalue weighted by Gasteiger charge is 2.18. The zero-order valence-electron chi connectivity index (χ0n) is 15.8. The van der Waals surface area contributed by atoms with Crippen LogP contribution < -0.4 is 5.32 Å². The van der Waals surface area contributed by atoms with Crippen molar-refractivity contribution in [3.05, 3.63) is 65.8 Å². The van der Waals surface area contributed by atoms with E-state index >= 15 is 0 Å². The number of hydrogen-bond donors (Lipinski definition) is 1. The summed E-state index contributed by atoms with van der Waals surface area (Å²) in [4.78, 5) is 22.7. The second-order valence-electron chi connectivity index (χ2n) is 7.08. The molecule has 3 heterocycles. The van der Waals surface area contributed by atoms with E-state index in [4.69, 9.17) is 4.52 Å². The van der Waals surface area contributed by atoms with E-state index in [9.17, 15) is 4.79 Å². The molecule has 0 saturated carbocycles. The Labute approximate surface area is 163 Å². The molecule has 4 rings (SSSR count). The fourth-order valence-corrected chi connectivity index (χ4v) is 3.46. The van der Waals surface area contributed by atoms with Gasteiger partial charge < -0.3 is 14.7 Å². The molecule has 2 aromatic heterocycles. The summed E-state index contributed by atoms with van der Waals surface area (Å²) >= 11 is 0. The highest BCUT2D eigenvalue weighted by atomic mass is 16.5. The molecule has 1 saturated heterocycles. The average Bonchev–Trinajstić information content (AvgIpc) is 3.23. The number of nitrogens with zero attached hydrogens (tertiary/aromatic N) is 4. The first kappa shape index (κ1) is 18.3. The van der Waals surface area contributed by atoms with Crippen LogP contribution >= 0.6 is 0 Å². The van der Waals surface area contributed by atoms with Crippen LogP contribution in [0.2, 0.25) is 0 Å². The largest absolute Gasteiger partial charge is 0.337 e. The Hall–Kier alpha value is -3.06. The molecule has 1 aliphatic heterocycles. The Morgan fingerprint density at radius 1 is 1.29 bits per heavy atom. The van der Waals surface area contributed by atoms with E-state index in [-0.39, 0.29) is 12.5 Å². The summed E-state index contributed by atoms with van der Waals surface area (Å²) in [5.41, 5.74) is 2.71. The fraction of sp³-hybridized carbons (Fsp3) is 0.333. The molecule has 0 bridgehead atoms. The van der Waals surface area contributed by atoms with E-state index in [1.54, 1.807) is 24.3 Å². The van der Waals surface area contributed by atoms with Crippen molar-refractivity contribution < 1.29 is 9.32 Å². The van der Waals surface area contributed by atoms with Crippen molar-refractivity contribution in [1.82, 2.24) is 25.3 Å². The summed E-state index contributed by atoms with van der Waals surface area (Å²) in [6.07, 6.45) is 5.75. The summed E-state index contributed by atoms with van der Waals surface area (Å²) in [5, 5.41) is 7.39. The maximum absolute atomic E-state index is 12.7. The van der Waals surface area contributed by atoms with E-state index in [0.717, 1.165) is 18.7 Å². The second-order valence-corrected chi connectivity index (χ2v) is 7.08. The summed E-state index contributed by atoms with van der Waals surface area (Å²) in [7, 11) is 1.73. The third kappa shape index (κ3) is 4.09. The monoisotopic (exact) mass is 377 g/mol. The van der Waals surface area contributed by atoms with Gasteiger partial charge in [0.2, 0.25) is 11.7 Å². The van der Waals surface area contributed by atoms with Gasteiger partial charge in [-0.15, -0.1) is 0 Å². The van der Waals surface area contributed by atoms with Crippen molar-refractivity contribution in [3.63, 3.8) is 0 Å². The number of carbonyl (C=O) groups is 1. The van der Waals surface area contributed by atoms with Crippen LogP contribution in [0.1, 0.15) is 40.6 Å². The number of carbonyl (C=O) groups excluding carboxylic acids is 1. The number of aromatic nitrogens is 3. The smallest absolute Gasteiger partial charge is 0.254 e. The predicted molar refractivity (Wildman–Crippen MR) is 105 cm³/mol. The van der Waals surface area contributed by atoms with Crippen molar-refractivity contribution >= 4 is 5.91 Å². The number of nitrogens with one attached hydrogen (secondary N) is 1. The minimum Gasteiger partial charge on any atom is -0.337 e. The van der Waals surface area contributed by atoms with Gasteiger partial charge in [0.1, 0.15) is 0 Å². The normalized spacial score (nSPS) is 16.7. The van der Waals surface area contributed by atoms with Gasteiger partial charge >= 0.3 is 0 Å². The van der Waals surface area contributed by atoms with Crippen LogP contribution in [-0.4, -0.2) is 46.1 Å². The number of pyridine rings is 1. The van der Waals surface area contributed by atoms with Gasteiger partial charge in [-0.1, -0.05) is 17.3 Å². The lowest BCUT2D eigenvalue weighted by atomic mass is 9.91. The topological polar surface area (TPSA) is 84.2 Å². The first-order chi connectivity index (χ1) is 13.7. The van der Waals surface area contributed by atoms with E-state index < -0.39 is 0 Å². The van der Waals surface area contributed by atoms with E-state index in [0.29, 0.717) is 23.2 Å². The van der Waals surface area contributed by atoms with E-state index in [1.165, 1.54) is 18.4 Å². The molecule has 3 aromatic rings. The van der Waals surface area contributed by atoms with Gasteiger partial charge in [0.05, 0.1) is 6.54 Å². The lowest BCUT2D eigenvalue weighted by Crippen LogP contribution is -2.28. The number of piperidine rings is 1. The van der Waals surface area contributed by atoms with Crippen molar-refractivity contribution in [2.75, 3.05) is 20.1 Å². The van der Waals surface area contributed by atoms with Crippen molar-refractivity contribution in [1.29, 1.82) is 0 Å². The summed E-state index contributed by atoms with van der Waals surface area (Å²) in [6, 6.07) is 11.6. The van der Waals surface area contributed by atoms with Crippen LogP contribution in [0.25, 0.3) is 11.4 Å². The number of rotatable bonds is 5. The summed E-state index contributed by atoms with van der Waals surface area (Å²) in [6.45, 7) is 2.35. The van der Waals surface area contributed by atoms with E-state index in [1.807, 2.05) is 24.3 Å². The second kappa shape index (κ2) is 8.31. The Bertz CT molecular complexity index is 917. The molecule has 1 atom stereocenters. The first-order valence-corrected chi connectivity index (χ1v) is 9.50. The van der Waals surface area contributed by atoms with Crippen LogP contribution in [0.15, 0.2) is 53.3 Å². The summed E-state index contributed by atoms with van der Waals surface area (Å²) in [5.74, 6) is 1.31. The Morgan fingerprint density at radius 2 is 2.14 bits per heavy atom. The molecule has 0 radical (unpaired) electrons. The maximum atomic E-state index is 12.7. The third-order valence-electron chi connectivity index (χ3n) is 5.03. The molecule has 144 valence electrons. The highest BCUT2D eigenvalue weighted by Crippen LogP contribution is 2.23. The van der Waals surface area contributed by atoms with Gasteiger partial charge in [0, 0.05) is 37.1 Å². The molecule has 1 unspecified atom stereocenters. The zero-order valence-corrected chi connectivity index (χ0v) is 15.8. The van der Waals surface area contributed by atoms with Crippen molar-refractivity contribution in [2.45, 2.75) is 25.3 Å². The van der Waals surface area contributed by atoms with Gasteiger partial charge in [-0.25, -0.2) is 0 Å². The molecule has 0 aliphatic carbocycles. The van der Waals surface area contributed by atoms with Gasteiger partial charge in [-0.2, -0.15) is 4.98 Å². The Morgan fingerprint density at radius 3 is 2.86 bits per heavy atom. The highest BCUT2D eigenvalue weighted by molar-refractivity contribution is 5.94. The molecule has 1 N–H and O–H groups in total. The molecule has 7 heteroatoms. The van der Waals surface area contributed by atoms with Crippen LogP contribution in [0.3, 0.4) is 0 Å². The van der Waals surface area contributed by atoms with Crippen LogP contribution in [-0.2, 0) is 6.54 Å². The average molecular weight is 377 g/mol. The molecule has 1 aromatic carbocycles. The quantitative estimate of drug-likeness (QED) is 0.736. The van der Waals surface area contributed by atoms with Gasteiger partial charge in [0.25, 0.3) is 5.91 Å². The molecule has 28 heavy (non-hydrogen) atoms. The van der Waals surface area contributed by atoms with Crippen molar-refractivity contribution in [2.24, 2.45) is 0 Å². The van der Waals surface area contributed by atoms with E-state index in [2.05, 4.69) is 32.6 Å². The zero-order chi connectivity index (χ0) is 19.3. The molecule has 7 nitrogen and oxygen atoms in total. The van der Waals surface area contributed by atoms with Crippen LogP contribution in [0.4, 0.5) is 0 Å². The lowest BCUT2D eigenvalue weighted by molar-refractivity contribution is 0.0769. The Kier molecular flexibility index (Phi) is 5.43. The number of hydrogen-bond acceptors (Lipinski definition) is 6. The molecule has 1 fully saturated rings. The predicted octanol–water partition coefficient (Wildman–Crippen LogP) is 2.87. The molecule has 1 amide bonds. The minimum atomic E-state index is -0.0746. The van der Waals surface area contributed by atoms with Crippen molar-refractivity contribution in [3.8, 4) is 11.4 Å². The van der Waals surface area contributed by atoms with Gasteiger partial charge in [-0.05, 0) is 55.1 Å². The molecule has 1 aliphatic rings. The number of amides is 1. The summed E-state index contributed by atoms with van der Waals surface area (Å²) < 4.78 is 5.28.